The van der Waals surface area contributed by atoms with Gasteiger partial charge in [0.25, 0.3) is 0 Å². The Labute approximate surface area is 124 Å². The molecular weight excluding hydrogens is 268 g/mol. The van der Waals surface area contributed by atoms with Crippen LogP contribution < -0.4 is 0 Å². The lowest BCUT2D eigenvalue weighted by atomic mass is 9.77. The maximum Gasteiger partial charge on any atom is 0.193 e. The van der Waals surface area contributed by atoms with Crippen LogP contribution in [0.1, 0.15) is 52.2 Å². The highest BCUT2D eigenvalue weighted by molar-refractivity contribution is 6.31. The molecule has 1 aliphatic carbocycles. The highest BCUT2D eigenvalue weighted by Gasteiger charge is 2.24. The van der Waals surface area contributed by atoms with E-state index in [1.54, 1.807) is 6.07 Å². The number of hydrogen-bond donors (Lipinski definition) is 0. The lowest BCUT2D eigenvalue weighted by Gasteiger charge is -2.27. The zero-order valence-electron chi connectivity index (χ0n) is 11.5. The fraction of sp³-hybridized carbons (Fsp3) is 0.278. The monoisotopic (exact) mass is 284 g/mol. The second kappa shape index (κ2) is 5.41. The van der Waals surface area contributed by atoms with Gasteiger partial charge >= 0.3 is 0 Å². The van der Waals surface area contributed by atoms with Crippen molar-refractivity contribution in [3.63, 3.8) is 0 Å². The van der Waals surface area contributed by atoms with Crippen molar-refractivity contribution in [1.82, 2.24) is 0 Å². The standard InChI is InChI=1S/C18H17ClO/c1-12-9-14(11-15(19)10-12)18(20)17-8-3-2-7-16(17)13-5-4-6-13/h2-3,7-11,13H,4-6H2,1H3. The third-order valence-electron chi connectivity index (χ3n) is 4.05. The van der Waals surface area contributed by atoms with Crippen LogP contribution in [0.4, 0.5) is 0 Å². The molecule has 0 aliphatic heterocycles. The summed E-state index contributed by atoms with van der Waals surface area (Å²) in [5.41, 5.74) is 3.73. The zero-order valence-corrected chi connectivity index (χ0v) is 12.3. The molecule has 1 aliphatic rings. The van der Waals surface area contributed by atoms with Gasteiger partial charge in [0.2, 0.25) is 0 Å². The van der Waals surface area contributed by atoms with E-state index in [0.29, 0.717) is 16.5 Å². The molecule has 2 aromatic rings. The molecular formula is C18H17ClO. The highest BCUT2D eigenvalue weighted by atomic mass is 35.5. The third-order valence-corrected chi connectivity index (χ3v) is 4.27. The normalized spacial score (nSPS) is 14.9. The van der Waals surface area contributed by atoms with Gasteiger partial charge in [0, 0.05) is 16.1 Å². The van der Waals surface area contributed by atoms with E-state index in [2.05, 4.69) is 6.07 Å². The number of aryl methyl sites for hydroxylation is 1. The number of carbonyl (C=O) groups is 1. The molecule has 1 nitrogen and oxygen atoms in total. The second-order valence-electron chi connectivity index (χ2n) is 5.56. The van der Waals surface area contributed by atoms with E-state index in [0.717, 1.165) is 11.1 Å². The molecule has 2 heteroatoms. The summed E-state index contributed by atoms with van der Waals surface area (Å²) < 4.78 is 0. The molecule has 0 unspecified atom stereocenters. The van der Waals surface area contributed by atoms with E-state index in [1.807, 2.05) is 37.3 Å². The zero-order chi connectivity index (χ0) is 14.1. The number of hydrogen-bond acceptors (Lipinski definition) is 1. The fourth-order valence-electron chi connectivity index (χ4n) is 2.80. The molecule has 3 rings (SSSR count). The summed E-state index contributed by atoms with van der Waals surface area (Å²) in [6, 6.07) is 13.5. The third kappa shape index (κ3) is 2.51. The van der Waals surface area contributed by atoms with E-state index in [9.17, 15) is 4.79 Å². The van der Waals surface area contributed by atoms with Crippen LogP contribution in [0, 0.1) is 6.92 Å². The molecule has 20 heavy (non-hydrogen) atoms. The number of ketones is 1. The Hall–Kier alpha value is -1.60. The van der Waals surface area contributed by atoms with Gasteiger partial charge in [-0.25, -0.2) is 0 Å². The van der Waals surface area contributed by atoms with Gasteiger partial charge in [-0.05, 0) is 55.0 Å². The molecule has 1 saturated carbocycles. The Morgan fingerprint density at radius 3 is 2.55 bits per heavy atom. The van der Waals surface area contributed by atoms with Gasteiger partial charge in [-0.2, -0.15) is 0 Å². The molecule has 0 heterocycles. The molecule has 0 amide bonds. The van der Waals surface area contributed by atoms with Crippen LogP contribution in [-0.2, 0) is 0 Å². The average molecular weight is 285 g/mol. The van der Waals surface area contributed by atoms with Crippen molar-refractivity contribution in [3.05, 3.63) is 69.7 Å². The highest BCUT2D eigenvalue weighted by Crippen LogP contribution is 2.38. The molecule has 0 bridgehead atoms. The Bertz CT molecular complexity index is 636. The van der Waals surface area contributed by atoms with Gasteiger partial charge in [-0.1, -0.05) is 42.3 Å². The molecule has 1 fully saturated rings. The van der Waals surface area contributed by atoms with E-state index < -0.39 is 0 Å². The van der Waals surface area contributed by atoms with Crippen molar-refractivity contribution in [3.8, 4) is 0 Å². The predicted octanol–water partition coefficient (Wildman–Crippen LogP) is 5.15. The number of halogens is 1. The van der Waals surface area contributed by atoms with Gasteiger partial charge in [-0.3, -0.25) is 4.79 Å². The first-order chi connectivity index (χ1) is 9.65. The minimum Gasteiger partial charge on any atom is -0.289 e. The predicted molar refractivity (Wildman–Crippen MR) is 82.7 cm³/mol. The SMILES string of the molecule is Cc1cc(Cl)cc(C(=O)c2ccccc2C2CCC2)c1. The van der Waals surface area contributed by atoms with Crippen LogP contribution in [0.25, 0.3) is 0 Å². The summed E-state index contributed by atoms with van der Waals surface area (Å²) >= 11 is 6.07. The summed E-state index contributed by atoms with van der Waals surface area (Å²) in [6.45, 7) is 1.96. The van der Waals surface area contributed by atoms with Gasteiger partial charge in [0.1, 0.15) is 0 Å². The Kier molecular flexibility index (Phi) is 3.62. The lowest BCUT2D eigenvalue weighted by Crippen LogP contribution is -2.14. The molecule has 2 aromatic carbocycles. The molecule has 0 radical (unpaired) electrons. The summed E-state index contributed by atoms with van der Waals surface area (Å²) in [6.07, 6.45) is 3.65. The Morgan fingerprint density at radius 2 is 1.90 bits per heavy atom. The average Bonchev–Trinajstić information content (AvgIpc) is 2.35. The summed E-state index contributed by atoms with van der Waals surface area (Å²) in [5.74, 6) is 0.633. The minimum atomic E-state index is 0.0816. The van der Waals surface area contributed by atoms with Gasteiger partial charge in [-0.15, -0.1) is 0 Å². The Morgan fingerprint density at radius 1 is 1.15 bits per heavy atom. The maximum absolute atomic E-state index is 12.8. The van der Waals surface area contributed by atoms with Crippen LogP contribution in [0.15, 0.2) is 42.5 Å². The molecule has 102 valence electrons. The quantitative estimate of drug-likeness (QED) is 0.713. The summed E-state index contributed by atoms with van der Waals surface area (Å²) in [4.78, 5) is 12.8. The van der Waals surface area contributed by atoms with Gasteiger partial charge in [0.15, 0.2) is 5.78 Å². The first-order valence-electron chi connectivity index (χ1n) is 7.06. The largest absolute Gasteiger partial charge is 0.289 e. The van der Waals surface area contributed by atoms with Crippen molar-refractivity contribution in [1.29, 1.82) is 0 Å². The van der Waals surface area contributed by atoms with Gasteiger partial charge in [0.05, 0.1) is 0 Å². The van der Waals surface area contributed by atoms with E-state index in [1.165, 1.54) is 24.8 Å². The number of benzene rings is 2. The van der Waals surface area contributed by atoms with E-state index in [4.69, 9.17) is 11.6 Å². The topological polar surface area (TPSA) is 17.1 Å². The maximum atomic E-state index is 12.8. The lowest BCUT2D eigenvalue weighted by molar-refractivity contribution is 0.103. The number of carbonyl (C=O) groups excluding carboxylic acids is 1. The molecule has 0 spiro atoms. The van der Waals surface area contributed by atoms with E-state index >= 15 is 0 Å². The number of rotatable bonds is 3. The first-order valence-corrected chi connectivity index (χ1v) is 7.44. The molecule has 0 saturated heterocycles. The van der Waals surface area contributed by atoms with Crippen molar-refractivity contribution in [2.24, 2.45) is 0 Å². The van der Waals surface area contributed by atoms with Crippen molar-refractivity contribution in [2.45, 2.75) is 32.1 Å². The summed E-state index contributed by atoms with van der Waals surface area (Å²) in [5, 5.41) is 0.620. The minimum absolute atomic E-state index is 0.0816. The first kappa shape index (κ1) is 13.4. The van der Waals surface area contributed by atoms with Gasteiger partial charge < -0.3 is 0 Å². The summed E-state index contributed by atoms with van der Waals surface area (Å²) in [7, 11) is 0. The van der Waals surface area contributed by atoms with Crippen LogP contribution >= 0.6 is 11.6 Å². The second-order valence-corrected chi connectivity index (χ2v) is 6.00. The van der Waals surface area contributed by atoms with Crippen molar-refractivity contribution in [2.75, 3.05) is 0 Å². The van der Waals surface area contributed by atoms with Crippen LogP contribution in [0.2, 0.25) is 5.02 Å². The van der Waals surface area contributed by atoms with Crippen LogP contribution in [-0.4, -0.2) is 5.78 Å². The van der Waals surface area contributed by atoms with E-state index in [-0.39, 0.29) is 5.78 Å². The molecule has 0 atom stereocenters. The van der Waals surface area contributed by atoms with Crippen LogP contribution in [0.3, 0.4) is 0 Å². The smallest absolute Gasteiger partial charge is 0.193 e. The van der Waals surface area contributed by atoms with Crippen molar-refractivity contribution < 1.29 is 4.79 Å². The van der Waals surface area contributed by atoms with Crippen molar-refractivity contribution >= 4 is 17.4 Å². The molecule has 0 aromatic heterocycles. The Balaban J connectivity index is 2.01. The molecule has 0 N–H and O–H groups in total. The fourth-order valence-corrected chi connectivity index (χ4v) is 3.09. The van der Waals surface area contributed by atoms with Crippen LogP contribution in [0.5, 0.6) is 0 Å².